The molecule has 0 radical (unpaired) electrons. The first-order chi connectivity index (χ1) is 9.00. The molecule has 0 fully saturated rings. The molecule has 19 heavy (non-hydrogen) atoms. The lowest BCUT2D eigenvalue weighted by molar-refractivity contribution is 0.333. The second-order valence-corrected chi connectivity index (χ2v) is 6.18. The van der Waals surface area contributed by atoms with Crippen molar-refractivity contribution in [3.8, 4) is 0 Å². The van der Waals surface area contributed by atoms with Crippen molar-refractivity contribution in [3.05, 3.63) is 18.5 Å². The lowest BCUT2D eigenvalue weighted by Gasteiger charge is -2.26. The van der Waals surface area contributed by atoms with Gasteiger partial charge in [0, 0.05) is 20.1 Å². The Morgan fingerprint density at radius 2 is 2.11 bits per heavy atom. The van der Waals surface area contributed by atoms with E-state index < -0.39 is 10.0 Å². The van der Waals surface area contributed by atoms with E-state index in [0.717, 1.165) is 0 Å². The van der Waals surface area contributed by atoms with Gasteiger partial charge in [0.15, 0.2) is 10.8 Å². The van der Waals surface area contributed by atoms with E-state index in [1.165, 1.54) is 15.2 Å². The molecule has 9 nitrogen and oxygen atoms in total. The Bertz CT molecular complexity index is 697. The van der Waals surface area contributed by atoms with Gasteiger partial charge >= 0.3 is 0 Å². The third kappa shape index (κ3) is 1.79. The van der Waals surface area contributed by atoms with Crippen molar-refractivity contribution >= 4 is 15.8 Å². The Balaban J connectivity index is 1.99. The molecule has 0 amide bonds. The molecule has 0 aliphatic carbocycles. The number of anilines is 1. The molecule has 0 aromatic carbocycles. The lowest BCUT2D eigenvalue weighted by Crippen LogP contribution is -2.39. The van der Waals surface area contributed by atoms with Gasteiger partial charge in [0.1, 0.15) is 12.2 Å². The summed E-state index contributed by atoms with van der Waals surface area (Å²) < 4.78 is 29.7. The smallest absolute Gasteiger partial charge is 0.262 e. The number of aryl methyl sites for hydroxylation is 1. The quantitative estimate of drug-likeness (QED) is 0.740. The predicted molar refractivity (Wildman–Crippen MR) is 65.2 cm³/mol. The summed E-state index contributed by atoms with van der Waals surface area (Å²) in [6.07, 6.45) is 2.98. The van der Waals surface area contributed by atoms with E-state index in [9.17, 15) is 8.42 Å². The van der Waals surface area contributed by atoms with E-state index in [1.807, 2.05) is 4.57 Å². The summed E-state index contributed by atoms with van der Waals surface area (Å²) in [5.41, 5.74) is 5.64. The number of nitrogen functional groups attached to an aromatic ring is 1. The first kappa shape index (κ1) is 12.1. The van der Waals surface area contributed by atoms with Gasteiger partial charge in [-0.2, -0.15) is 4.31 Å². The number of rotatable bonds is 2. The number of nitrogens with zero attached hydrogens (tertiary/aromatic N) is 6. The zero-order valence-electron chi connectivity index (χ0n) is 10.3. The molecular weight excluding hydrogens is 270 g/mol. The molecule has 3 rings (SSSR count). The fourth-order valence-corrected chi connectivity index (χ4v) is 3.70. The Kier molecular flexibility index (Phi) is 2.57. The number of fused-ring (bicyclic) bond motifs is 1. The second kappa shape index (κ2) is 4.03. The molecule has 0 saturated carbocycles. The normalized spacial score (nSPS) is 16.5. The summed E-state index contributed by atoms with van der Waals surface area (Å²) in [5.74, 6) is 0.630. The van der Waals surface area contributed by atoms with Gasteiger partial charge in [0.2, 0.25) is 0 Å². The van der Waals surface area contributed by atoms with Crippen LogP contribution in [0.5, 0.6) is 0 Å². The van der Waals surface area contributed by atoms with Crippen molar-refractivity contribution in [2.75, 3.05) is 12.3 Å². The summed E-state index contributed by atoms with van der Waals surface area (Å²) in [6, 6.07) is 0. The fourth-order valence-electron chi connectivity index (χ4n) is 2.12. The van der Waals surface area contributed by atoms with E-state index in [-0.39, 0.29) is 17.4 Å². The van der Waals surface area contributed by atoms with Crippen LogP contribution in [0.1, 0.15) is 5.82 Å². The molecule has 0 bridgehead atoms. The van der Waals surface area contributed by atoms with Crippen molar-refractivity contribution in [3.63, 3.8) is 0 Å². The largest absolute Gasteiger partial charge is 0.381 e. The first-order valence-electron chi connectivity index (χ1n) is 5.64. The highest BCUT2D eigenvalue weighted by Gasteiger charge is 2.33. The van der Waals surface area contributed by atoms with E-state index in [0.29, 0.717) is 18.9 Å². The molecule has 2 N–H and O–H groups in total. The van der Waals surface area contributed by atoms with Crippen LogP contribution in [0.3, 0.4) is 0 Å². The van der Waals surface area contributed by atoms with Gasteiger partial charge in [-0.25, -0.2) is 13.4 Å². The zero-order valence-corrected chi connectivity index (χ0v) is 11.1. The number of imidazole rings is 1. The second-order valence-electron chi connectivity index (χ2n) is 4.33. The van der Waals surface area contributed by atoms with Crippen LogP contribution in [0, 0.1) is 0 Å². The highest BCUT2D eigenvalue weighted by atomic mass is 32.2. The number of aromatic nitrogens is 5. The first-order valence-corrected chi connectivity index (χ1v) is 7.08. The summed E-state index contributed by atoms with van der Waals surface area (Å²) in [6.45, 7) is 1.07. The Morgan fingerprint density at radius 1 is 1.32 bits per heavy atom. The minimum absolute atomic E-state index is 0.00883. The molecule has 1 aliphatic rings. The average Bonchev–Trinajstić information content (AvgIpc) is 2.95. The molecule has 0 saturated heterocycles. The monoisotopic (exact) mass is 283 g/mol. The van der Waals surface area contributed by atoms with E-state index >= 15 is 0 Å². The maximum atomic E-state index is 12.5. The third-order valence-electron chi connectivity index (χ3n) is 3.10. The molecule has 2 aromatic heterocycles. The van der Waals surface area contributed by atoms with Gasteiger partial charge in [-0.15, -0.1) is 10.2 Å². The Morgan fingerprint density at radius 3 is 2.79 bits per heavy atom. The van der Waals surface area contributed by atoms with Gasteiger partial charge in [-0.3, -0.25) is 0 Å². The minimum Gasteiger partial charge on any atom is -0.381 e. The van der Waals surface area contributed by atoms with Crippen LogP contribution < -0.4 is 5.73 Å². The number of hydrogen-bond acceptors (Lipinski definition) is 6. The average molecular weight is 283 g/mol. The Hall–Kier alpha value is -1.94. The molecule has 1 aliphatic heterocycles. The number of sulfonamides is 1. The highest BCUT2D eigenvalue weighted by molar-refractivity contribution is 7.89. The van der Waals surface area contributed by atoms with Crippen LogP contribution in [-0.2, 0) is 30.2 Å². The van der Waals surface area contributed by atoms with Crippen LogP contribution in [0.4, 0.5) is 5.82 Å². The lowest BCUT2D eigenvalue weighted by atomic mass is 10.4. The van der Waals surface area contributed by atoms with Gasteiger partial charge in [-0.05, 0) is 0 Å². The molecule has 10 heteroatoms. The van der Waals surface area contributed by atoms with Crippen LogP contribution >= 0.6 is 0 Å². The summed E-state index contributed by atoms with van der Waals surface area (Å²) in [7, 11) is -2.07. The predicted octanol–water partition coefficient (Wildman–Crippen LogP) is -1.20. The summed E-state index contributed by atoms with van der Waals surface area (Å²) >= 11 is 0. The van der Waals surface area contributed by atoms with Gasteiger partial charge in [0.05, 0.1) is 12.9 Å². The van der Waals surface area contributed by atoms with Crippen molar-refractivity contribution in [1.29, 1.82) is 0 Å². The van der Waals surface area contributed by atoms with Gasteiger partial charge in [0.25, 0.3) is 10.0 Å². The summed E-state index contributed by atoms with van der Waals surface area (Å²) in [5, 5.41) is 7.68. The van der Waals surface area contributed by atoms with Crippen LogP contribution in [0.15, 0.2) is 17.7 Å². The van der Waals surface area contributed by atoms with E-state index in [1.54, 1.807) is 13.4 Å². The van der Waals surface area contributed by atoms with Gasteiger partial charge < -0.3 is 14.9 Å². The zero-order chi connectivity index (χ0) is 13.6. The maximum Gasteiger partial charge on any atom is 0.262 e. The van der Waals surface area contributed by atoms with E-state index in [2.05, 4.69) is 15.2 Å². The van der Waals surface area contributed by atoms with Crippen molar-refractivity contribution in [2.45, 2.75) is 18.1 Å². The van der Waals surface area contributed by atoms with Crippen molar-refractivity contribution < 1.29 is 8.42 Å². The maximum absolute atomic E-state index is 12.5. The topological polar surface area (TPSA) is 112 Å². The molecule has 3 heterocycles. The fraction of sp³-hybridized carbons (Fsp3) is 0.444. The standard InChI is InChI=1S/C9H13N7O2S/c1-14-5-11-8(10)9(14)19(17,18)16-3-2-15-6-12-13-7(15)4-16/h5-6H,2-4,10H2,1H3. The molecule has 0 spiro atoms. The van der Waals surface area contributed by atoms with Crippen LogP contribution in [0.2, 0.25) is 0 Å². The Labute approximate surface area is 109 Å². The van der Waals surface area contributed by atoms with Crippen LogP contribution in [0.25, 0.3) is 0 Å². The highest BCUT2D eigenvalue weighted by Crippen LogP contribution is 2.23. The molecule has 2 aromatic rings. The minimum atomic E-state index is -3.67. The van der Waals surface area contributed by atoms with E-state index in [4.69, 9.17) is 5.73 Å². The van der Waals surface area contributed by atoms with Gasteiger partial charge in [-0.1, -0.05) is 0 Å². The van der Waals surface area contributed by atoms with Crippen molar-refractivity contribution in [1.82, 2.24) is 28.6 Å². The number of hydrogen-bond donors (Lipinski definition) is 1. The molecule has 102 valence electrons. The molecule has 0 unspecified atom stereocenters. The SMILES string of the molecule is Cn1cnc(N)c1S(=O)(=O)N1CCn2cnnc2C1. The third-order valence-corrected chi connectivity index (χ3v) is 5.07. The number of nitrogens with two attached hydrogens (primary N) is 1. The summed E-state index contributed by atoms with van der Waals surface area (Å²) in [4.78, 5) is 3.81. The molecular formula is C9H13N7O2S. The van der Waals surface area contributed by atoms with Crippen LogP contribution in [-0.4, -0.2) is 43.6 Å². The van der Waals surface area contributed by atoms with Crippen molar-refractivity contribution in [2.24, 2.45) is 7.05 Å². The molecule has 0 atom stereocenters.